The Hall–Kier alpha value is -0.360. The topological polar surface area (TPSA) is 74.6 Å². The lowest BCUT2D eigenvalue weighted by Gasteiger charge is -2.06. The lowest BCUT2D eigenvalue weighted by molar-refractivity contribution is -0.137. The molecule has 0 aromatic rings. The Morgan fingerprint density at radius 2 is 0.955 bits per heavy atom. The van der Waals surface area contributed by atoms with Crippen LogP contribution in [0, 0.1) is 0 Å². The van der Waals surface area contributed by atoms with Gasteiger partial charge in [-0.05, 0) is 38.2 Å². The van der Waals surface area contributed by atoms with Gasteiger partial charge in [0.05, 0.1) is 10.5 Å². The predicted octanol–water partition coefficient (Wildman–Crippen LogP) is 4.52. The molecule has 0 aromatic carbocycles. The fourth-order valence-electron chi connectivity index (χ4n) is 1.93. The Labute approximate surface area is 142 Å². The van der Waals surface area contributed by atoms with Crippen LogP contribution in [-0.2, 0) is 9.59 Å². The lowest BCUT2D eigenvalue weighted by atomic mass is 10.1. The largest absolute Gasteiger partial charge is 0.480 e. The third-order valence-electron chi connectivity index (χ3n) is 3.47. The molecule has 0 aromatic heterocycles. The molecule has 0 rings (SSSR count). The van der Waals surface area contributed by atoms with Crippen LogP contribution in [-0.4, -0.2) is 44.2 Å². The van der Waals surface area contributed by atoms with E-state index >= 15 is 0 Å². The fraction of sp³-hybridized carbons (Fsp3) is 0.875. The molecule has 0 radical (unpaired) electrons. The van der Waals surface area contributed by atoms with Crippen LogP contribution in [0.5, 0.6) is 0 Å². The molecule has 0 fully saturated rings. The highest BCUT2D eigenvalue weighted by Crippen LogP contribution is 2.16. The molecular weight excluding hydrogens is 320 g/mol. The first-order chi connectivity index (χ1) is 10.4. The molecule has 0 amide bonds. The molecule has 0 saturated carbocycles. The quantitative estimate of drug-likeness (QED) is 0.423. The minimum Gasteiger partial charge on any atom is -0.480 e. The SMILES string of the molecule is C[C@H](SCCCCCCCCCCS[C@H](C)C(=O)O)C(=O)O. The van der Waals surface area contributed by atoms with Crippen LogP contribution in [0.4, 0.5) is 0 Å². The van der Waals surface area contributed by atoms with Gasteiger partial charge in [-0.15, -0.1) is 23.5 Å². The van der Waals surface area contributed by atoms with Gasteiger partial charge in [0.25, 0.3) is 0 Å². The molecule has 0 unspecified atom stereocenters. The Morgan fingerprint density at radius 1 is 0.682 bits per heavy atom. The minimum absolute atomic E-state index is 0.290. The van der Waals surface area contributed by atoms with E-state index < -0.39 is 11.9 Å². The molecule has 0 heterocycles. The highest BCUT2D eigenvalue weighted by atomic mass is 32.2. The normalized spacial score (nSPS) is 13.7. The van der Waals surface area contributed by atoms with Crippen LogP contribution < -0.4 is 0 Å². The maximum absolute atomic E-state index is 10.6. The highest BCUT2D eigenvalue weighted by Gasteiger charge is 2.10. The van der Waals surface area contributed by atoms with Gasteiger partial charge in [-0.1, -0.05) is 38.5 Å². The molecule has 4 nitrogen and oxygen atoms in total. The third-order valence-corrected chi connectivity index (χ3v) is 5.92. The van der Waals surface area contributed by atoms with Crippen molar-refractivity contribution < 1.29 is 19.8 Å². The molecule has 0 saturated heterocycles. The second-order valence-electron chi connectivity index (χ2n) is 5.53. The summed E-state index contributed by atoms with van der Waals surface area (Å²) in [6.07, 6.45) is 9.53. The smallest absolute Gasteiger partial charge is 0.316 e. The van der Waals surface area contributed by atoms with Gasteiger partial charge in [0.2, 0.25) is 0 Å². The molecule has 22 heavy (non-hydrogen) atoms. The summed E-state index contributed by atoms with van der Waals surface area (Å²) < 4.78 is 0. The van der Waals surface area contributed by atoms with Crippen LogP contribution in [0.2, 0.25) is 0 Å². The van der Waals surface area contributed by atoms with Crippen molar-refractivity contribution in [3.8, 4) is 0 Å². The zero-order chi connectivity index (χ0) is 16.8. The monoisotopic (exact) mass is 350 g/mol. The van der Waals surface area contributed by atoms with E-state index in [-0.39, 0.29) is 10.5 Å². The fourth-order valence-corrected chi connectivity index (χ4v) is 3.66. The summed E-state index contributed by atoms with van der Waals surface area (Å²) >= 11 is 3.04. The number of carbonyl (C=O) groups is 2. The van der Waals surface area contributed by atoms with E-state index in [4.69, 9.17) is 10.2 Å². The van der Waals surface area contributed by atoms with Crippen molar-refractivity contribution in [3.63, 3.8) is 0 Å². The zero-order valence-corrected chi connectivity index (χ0v) is 15.4. The number of thioether (sulfide) groups is 2. The summed E-state index contributed by atoms with van der Waals surface area (Å²) in [7, 11) is 0. The Balaban J connectivity index is 3.18. The van der Waals surface area contributed by atoms with Gasteiger partial charge in [0.1, 0.15) is 0 Å². The predicted molar refractivity (Wildman–Crippen MR) is 96.0 cm³/mol. The van der Waals surface area contributed by atoms with Gasteiger partial charge in [-0.2, -0.15) is 0 Å². The zero-order valence-electron chi connectivity index (χ0n) is 13.8. The van der Waals surface area contributed by atoms with Gasteiger partial charge in [-0.25, -0.2) is 0 Å². The van der Waals surface area contributed by atoms with Crippen LogP contribution in [0.15, 0.2) is 0 Å². The van der Waals surface area contributed by atoms with E-state index in [9.17, 15) is 9.59 Å². The number of aliphatic carboxylic acids is 2. The Kier molecular flexibility index (Phi) is 14.0. The van der Waals surface area contributed by atoms with Crippen LogP contribution in [0.1, 0.15) is 65.2 Å². The standard InChI is InChI=1S/C16H30O4S2/c1-13(15(17)18)21-11-9-7-5-3-4-6-8-10-12-22-14(2)16(19)20/h13-14H,3-12H2,1-2H3,(H,17,18)(H,19,20)/t13-,14+. The van der Waals surface area contributed by atoms with E-state index in [1.807, 2.05) is 0 Å². The summed E-state index contributed by atoms with van der Waals surface area (Å²) in [6.45, 7) is 3.48. The van der Waals surface area contributed by atoms with Crippen molar-refractivity contribution in [1.82, 2.24) is 0 Å². The minimum atomic E-state index is -0.721. The molecule has 130 valence electrons. The second kappa shape index (κ2) is 14.2. The molecule has 0 spiro atoms. The first-order valence-corrected chi connectivity index (χ1v) is 10.2. The number of carboxylic acid groups (broad SMARTS) is 2. The third kappa shape index (κ3) is 13.3. The van der Waals surface area contributed by atoms with E-state index in [0.717, 1.165) is 24.3 Å². The van der Waals surface area contributed by atoms with Crippen molar-refractivity contribution in [1.29, 1.82) is 0 Å². The van der Waals surface area contributed by atoms with Crippen molar-refractivity contribution in [2.75, 3.05) is 11.5 Å². The van der Waals surface area contributed by atoms with E-state index in [0.29, 0.717) is 0 Å². The van der Waals surface area contributed by atoms with Crippen LogP contribution >= 0.6 is 23.5 Å². The van der Waals surface area contributed by atoms with E-state index in [1.54, 1.807) is 13.8 Å². The number of hydrogen-bond donors (Lipinski definition) is 2. The molecule has 0 aliphatic carbocycles. The molecule has 0 aliphatic heterocycles. The van der Waals surface area contributed by atoms with Crippen molar-refractivity contribution in [2.45, 2.75) is 75.7 Å². The van der Waals surface area contributed by atoms with Crippen molar-refractivity contribution >= 4 is 35.5 Å². The van der Waals surface area contributed by atoms with Gasteiger partial charge >= 0.3 is 11.9 Å². The van der Waals surface area contributed by atoms with E-state index in [2.05, 4.69) is 0 Å². The molecular formula is C16H30O4S2. The molecule has 2 N–H and O–H groups in total. The summed E-state index contributed by atoms with van der Waals surface area (Å²) in [5, 5.41) is 16.9. The van der Waals surface area contributed by atoms with Gasteiger partial charge < -0.3 is 10.2 Å². The average Bonchev–Trinajstić information content (AvgIpc) is 2.47. The van der Waals surface area contributed by atoms with Crippen LogP contribution in [0.3, 0.4) is 0 Å². The van der Waals surface area contributed by atoms with Crippen LogP contribution in [0.25, 0.3) is 0 Å². The lowest BCUT2D eigenvalue weighted by Crippen LogP contribution is -2.11. The number of hydrogen-bond acceptors (Lipinski definition) is 4. The summed E-state index contributed by atoms with van der Waals surface area (Å²) in [4.78, 5) is 21.3. The molecule has 0 bridgehead atoms. The number of carboxylic acids is 2. The maximum atomic E-state index is 10.6. The van der Waals surface area contributed by atoms with Gasteiger partial charge in [-0.3, -0.25) is 9.59 Å². The first-order valence-electron chi connectivity index (χ1n) is 8.14. The highest BCUT2D eigenvalue weighted by molar-refractivity contribution is 8.00. The van der Waals surface area contributed by atoms with Gasteiger partial charge in [0, 0.05) is 0 Å². The first kappa shape index (κ1) is 21.6. The average molecular weight is 351 g/mol. The number of unbranched alkanes of at least 4 members (excludes halogenated alkanes) is 7. The maximum Gasteiger partial charge on any atom is 0.316 e. The number of rotatable bonds is 15. The molecule has 6 heteroatoms. The summed E-state index contributed by atoms with van der Waals surface area (Å²) in [5.74, 6) is 0.431. The summed E-state index contributed by atoms with van der Waals surface area (Å²) in [5.41, 5.74) is 0. The molecule has 2 atom stereocenters. The Bertz CT molecular complexity index is 281. The van der Waals surface area contributed by atoms with Crippen molar-refractivity contribution in [3.05, 3.63) is 0 Å². The molecule has 0 aliphatic rings. The van der Waals surface area contributed by atoms with Gasteiger partial charge in [0.15, 0.2) is 0 Å². The Morgan fingerprint density at radius 3 is 1.23 bits per heavy atom. The second-order valence-corrected chi connectivity index (χ2v) is 8.43. The van der Waals surface area contributed by atoms with E-state index in [1.165, 1.54) is 62.0 Å². The summed E-state index contributed by atoms with van der Waals surface area (Å²) in [6, 6.07) is 0. The van der Waals surface area contributed by atoms with Crippen molar-refractivity contribution in [2.24, 2.45) is 0 Å².